The number of hydrogen-bond donors (Lipinski definition) is 2. The lowest BCUT2D eigenvalue weighted by molar-refractivity contribution is 0.0697. The van der Waals surface area contributed by atoms with Crippen LogP contribution in [0.4, 0.5) is 0 Å². The summed E-state index contributed by atoms with van der Waals surface area (Å²) in [5.74, 6) is 0.897. The van der Waals surface area contributed by atoms with Crippen molar-refractivity contribution in [1.29, 1.82) is 0 Å². The summed E-state index contributed by atoms with van der Waals surface area (Å²) < 4.78 is 3.01. The zero-order valence-electron chi connectivity index (χ0n) is 16.0. The zero-order valence-corrected chi connectivity index (χ0v) is 16.0. The van der Waals surface area contributed by atoms with Gasteiger partial charge < -0.3 is 10.2 Å². The topological polar surface area (TPSA) is 119 Å². The second kappa shape index (κ2) is 7.21. The molecule has 0 saturated heterocycles. The fourth-order valence-electron chi connectivity index (χ4n) is 4.03. The predicted molar refractivity (Wildman–Crippen MR) is 101 cm³/mol. The number of aromatic nitrogens is 6. The van der Waals surface area contributed by atoms with Crippen molar-refractivity contribution in [3.63, 3.8) is 0 Å². The van der Waals surface area contributed by atoms with Crippen molar-refractivity contribution in [1.82, 2.24) is 29.5 Å². The Morgan fingerprint density at radius 2 is 1.93 bits per heavy atom. The minimum atomic E-state index is -1.09. The van der Waals surface area contributed by atoms with Crippen molar-refractivity contribution in [3.8, 4) is 11.8 Å². The minimum Gasteiger partial charge on any atom is -0.492 e. The molecule has 0 radical (unpaired) electrons. The second-order valence-electron chi connectivity index (χ2n) is 7.91. The van der Waals surface area contributed by atoms with Crippen LogP contribution >= 0.6 is 0 Å². The van der Waals surface area contributed by atoms with Crippen LogP contribution in [-0.2, 0) is 6.54 Å². The normalized spacial score (nSPS) is 20.1. The number of nitrogens with zero attached hydrogens (tertiary/aromatic N) is 6. The lowest BCUT2D eigenvalue weighted by Crippen LogP contribution is -2.22. The Kier molecular flexibility index (Phi) is 4.74. The molecule has 9 heteroatoms. The van der Waals surface area contributed by atoms with Crippen LogP contribution in [0.3, 0.4) is 0 Å². The van der Waals surface area contributed by atoms with E-state index in [2.05, 4.69) is 34.0 Å². The van der Waals surface area contributed by atoms with Crippen LogP contribution in [0, 0.1) is 17.8 Å². The van der Waals surface area contributed by atoms with Gasteiger partial charge in [0.1, 0.15) is 11.0 Å². The average molecular weight is 384 g/mol. The number of fused-ring (bicyclic) bond motifs is 1. The van der Waals surface area contributed by atoms with Gasteiger partial charge in [-0.1, -0.05) is 13.8 Å². The number of hydrogen-bond acceptors (Lipinski definition) is 6. The molecule has 0 aromatic carbocycles. The van der Waals surface area contributed by atoms with Crippen LogP contribution in [0.2, 0.25) is 0 Å². The number of carboxylic acid groups (broad SMARTS) is 1. The van der Waals surface area contributed by atoms with Gasteiger partial charge in [0.05, 0.1) is 18.0 Å². The van der Waals surface area contributed by atoms with Crippen molar-refractivity contribution >= 4 is 17.0 Å². The van der Waals surface area contributed by atoms with Gasteiger partial charge in [0, 0.05) is 12.7 Å². The molecule has 4 rings (SSSR count). The summed E-state index contributed by atoms with van der Waals surface area (Å²) in [6.45, 7) is 5.31. The van der Waals surface area contributed by atoms with Crippen molar-refractivity contribution in [2.24, 2.45) is 17.8 Å². The molecule has 1 fully saturated rings. The molecule has 3 heterocycles. The average Bonchev–Trinajstić information content (AvgIpc) is 3.30. The Hall–Kier alpha value is -2.97. The van der Waals surface area contributed by atoms with E-state index in [1.165, 1.54) is 29.9 Å². The molecule has 0 unspecified atom stereocenters. The molecule has 3 aromatic rings. The summed E-state index contributed by atoms with van der Waals surface area (Å²) in [6.07, 6.45) is 8.91. The maximum absolute atomic E-state index is 11.0. The molecule has 148 valence electrons. The number of rotatable bonds is 5. The Balaban J connectivity index is 1.56. The molecule has 1 aliphatic rings. The van der Waals surface area contributed by atoms with Gasteiger partial charge >= 0.3 is 5.97 Å². The molecule has 0 aliphatic heterocycles. The van der Waals surface area contributed by atoms with E-state index < -0.39 is 5.97 Å². The highest BCUT2D eigenvalue weighted by Crippen LogP contribution is 2.34. The Labute approximate surface area is 162 Å². The van der Waals surface area contributed by atoms with Crippen LogP contribution in [0.5, 0.6) is 5.88 Å². The van der Waals surface area contributed by atoms with Gasteiger partial charge in [-0.25, -0.2) is 14.5 Å². The molecule has 28 heavy (non-hydrogen) atoms. The third kappa shape index (κ3) is 3.44. The van der Waals surface area contributed by atoms with E-state index in [0.717, 1.165) is 31.2 Å². The second-order valence-corrected chi connectivity index (χ2v) is 7.91. The maximum Gasteiger partial charge on any atom is 0.338 e. The largest absolute Gasteiger partial charge is 0.492 e. The Morgan fingerprint density at radius 3 is 2.57 bits per heavy atom. The van der Waals surface area contributed by atoms with Gasteiger partial charge in [0.25, 0.3) is 5.95 Å². The summed E-state index contributed by atoms with van der Waals surface area (Å²) >= 11 is 0. The van der Waals surface area contributed by atoms with E-state index in [4.69, 9.17) is 5.11 Å². The summed E-state index contributed by atoms with van der Waals surface area (Å²) in [7, 11) is 0. The van der Waals surface area contributed by atoms with Gasteiger partial charge in [0.2, 0.25) is 5.88 Å². The van der Waals surface area contributed by atoms with Crippen LogP contribution < -0.4 is 0 Å². The first-order valence-electron chi connectivity index (χ1n) is 9.63. The zero-order chi connectivity index (χ0) is 19.8. The highest BCUT2D eigenvalue weighted by molar-refractivity contribution is 5.87. The van der Waals surface area contributed by atoms with E-state index >= 15 is 0 Å². The quantitative estimate of drug-likeness (QED) is 0.694. The third-order valence-corrected chi connectivity index (χ3v) is 5.76. The van der Waals surface area contributed by atoms with Crippen molar-refractivity contribution in [2.75, 3.05) is 0 Å². The molecule has 0 amide bonds. The highest BCUT2D eigenvalue weighted by Gasteiger charge is 2.25. The van der Waals surface area contributed by atoms with Crippen molar-refractivity contribution in [2.45, 2.75) is 46.1 Å². The van der Waals surface area contributed by atoms with E-state index in [1.54, 1.807) is 10.9 Å². The highest BCUT2D eigenvalue weighted by atomic mass is 16.4. The molecule has 0 bridgehead atoms. The maximum atomic E-state index is 11.0. The summed E-state index contributed by atoms with van der Waals surface area (Å²) in [4.78, 5) is 19.5. The molecule has 2 N–H and O–H groups in total. The van der Waals surface area contributed by atoms with Crippen LogP contribution in [0.25, 0.3) is 17.0 Å². The number of carbonyl (C=O) groups is 1. The molecular weight excluding hydrogens is 360 g/mol. The fraction of sp³-hybridized carbons (Fsp3) is 0.526. The standard InChI is InChI=1S/C19H24N6O3/c1-11(2)13-5-3-12(4-6-13)9-24-16-15(8-21-24)22-19(23-17(16)26)25-10-14(7-20-25)18(27)28/h7-8,10-13H,3-6,9H2,1-2H3,(H,27,28)(H,22,23,26)/t12-,13-. The van der Waals surface area contributed by atoms with Crippen molar-refractivity contribution < 1.29 is 15.0 Å². The first-order valence-corrected chi connectivity index (χ1v) is 9.63. The molecule has 9 nitrogen and oxygen atoms in total. The van der Waals surface area contributed by atoms with E-state index in [0.29, 0.717) is 17.0 Å². The molecule has 1 saturated carbocycles. The minimum absolute atomic E-state index is 0.0240. The number of aromatic hydroxyl groups is 1. The van der Waals surface area contributed by atoms with Gasteiger partial charge in [-0.15, -0.1) is 0 Å². The molecule has 0 spiro atoms. The first kappa shape index (κ1) is 18.4. The first-order chi connectivity index (χ1) is 13.4. The van der Waals surface area contributed by atoms with E-state index in [-0.39, 0.29) is 17.4 Å². The van der Waals surface area contributed by atoms with E-state index in [1.807, 2.05) is 0 Å². The fourth-order valence-corrected chi connectivity index (χ4v) is 4.03. The Morgan fingerprint density at radius 1 is 1.18 bits per heavy atom. The van der Waals surface area contributed by atoms with Gasteiger partial charge in [-0.2, -0.15) is 15.2 Å². The summed E-state index contributed by atoms with van der Waals surface area (Å²) in [5.41, 5.74) is 1.03. The predicted octanol–water partition coefficient (Wildman–Crippen LogP) is 2.88. The van der Waals surface area contributed by atoms with Crippen molar-refractivity contribution in [3.05, 3.63) is 24.2 Å². The molecule has 3 aromatic heterocycles. The lowest BCUT2D eigenvalue weighted by atomic mass is 9.77. The molecular formula is C19H24N6O3. The number of carboxylic acids is 1. The smallest absolute Gasteiger partial charge is 0.338 e. The SMILES string of the molecule is CC(C)[C@H]1CC[C@H](Cn2ncc3nc(-n4cc(C(=O)O)cn4)nc(O)c32)CC1. The monoisotopic (exact) mass is 384 g/mol. The van der Waals surface area contributed by atoms with Crippen LogP contribution in [0.1, 0.15) is 49.9 Å². The number of aromatic carboxylic acids is 1. The summed E-state index contributed by atoms with van der Waals surface area (Å²) in [6, 6.07) is 0. The van der Waals surface area contributed by atoms with Crippen LogP contribution in [0.15, 0.2) is 18.6 Å². The van der Waals surface area contributed by atoms with Crippen LogP contribution in [-0.4, -0.2) is 45.7 Å². The van der Waals surface area contributed by atoms with Gasteiger partial charge in [-0.05, 0) is 43.4 Å². The molecule has 0 atom stereocenters. The lowest BCUT2D eigenvalue weighted by Gasteiger charge is -2.30. The molecule has 1 aliphatic carbocycles. The third-order valence-electron chi connectivity index (χ3n) is 5.76. The summed E-state index contributed by atoms with van der Waals surface area (Å²) in [5, 5.41) is 27.8. The Bertz CT molecular complexity index is 1000. The van der Waals surface area contributed by atoms with E-state index in [9.17, 15) is 9.90 Å². The van der Waals surface area contributed by atoms with Gasteiger partial charge in [-0.3, -0.25) is 4.68 Å². The van der Waals surface area contributed by atoms with Gasteiger partial charge in [0.15, 0.2) is 0 Å².